The number of aryl methyl sites for hydroxylation is 2. The van der Waals surface area contributed by atoms with Crippen molar-refractivity contribution < 1.29 is 9.90 Å². The van der Waals surface area contributed by atoms with Crippen molar-refractivity contribution in [2.24, 2.45) is 0 Å². The van der Waals surface area contributed by atoms with Crippen LogP contribution in [0.15, 0.2) is 18.2 Å². The molecule has 24 heavy (non-hydrogen) atoms. The molecule has 0 radical (unpaired) electrons. The highest BCUT2D eigenvalue weighted by molar-refractivity contribution is 5.94. The van der Waals surface area contributed by atoms with Crippen molar-refractivity contribution in [3.05, 3.63) is 29.3 Å². The summed E-state index contributed by atoms with van der Waals surface area (Å²) in [6.45, 7) is 11.9. The zero-order valence-corrected chi connectivity index (χ0v) is 15.4. The maximum atomic E-state index is 12.5. The molecule has 1 aromatic rings. The minimum atomic E-state index is -0.150. The summed E-state index contributed by atoms with van der Waals surface area (Å²) in [6.07, 6.45) is 0.958. The first-order valence-corrected chi connectivity index (χ1v) is 8.93. The van der Waals surface area contributed by atoms with Crippen LogP contribution in [0.3, 0.4) is 0 Å². The topological polar surface area (TPSA) is 55.8 Å². The number of hydrogen-bond acceptors (Lipinski definition) is 4. The van der Waals surface area contributed by atoms with Crippen LogP contribution >= 0.6 is 0 Å². The molecule has 1 amide bonds. The van der Waals surface area contributed by atoms with Gasteiger partial charge in [-0.15, -0.1) is 0 Å². The number of aliphatic hydroxyl groups excluding tert-OH is 1. The smallest absolute Gasteiger partial charge is 0.241 e. The molecule has 1 heterocycles. The van der Waals surface area contributed by atoms with Gasteiger partial charge in [0.1, 0.15) is 0 Å². The highest BCUT2D eigenvalue weighted by Crippen LogP contribution is 2.16. The molecule has 5 heteroatoms. The average molecular weight is 333 g/mol. The quantitative estimate of drug-likeness (QED) is 0.836. The Bertz CT molecular complexity index is 550. The molecule has 5 nitrogen and oxygen atoms in total. The van der Waals surface area contributed by atoms with Crippen LogP contribution in [0.5, 0.6) is 0 Å². The summed E-state index contributed by atoms with van der Waals surface area (Å²) >= 11 is 0. The molecule has 0 aliphatic carbocycles. The summed E-state index contributed by atoms with van der Waals surface area (Å²) in [5.74, 6) is 0.0425. The van der Waals surface area contributed by atoms with Gasteiger partial charge < -0.3 is 10.4 Å². The van der Waals surface area contributed by atoms with Crippen molar-refractivity contribution in [2.45, 2.75) is 46.2 Å². The summed E-state index contributed by atoms with van der Waals surface area (Å²) in [6, 6.07) is 6.10. The third-order valence-electron chi connectivity index (χ3n) is 5.25. The first kappa shape index (κ1) is 18.9. The summed E-state index contributed by atoms with van der Waals surface area (Å²) in [5.41, 5.74) is 3.27. The van der Waals surface area contributed by atoms with E-state index in [4.69, 9.17) is 0 Å². The number of rotatable bonds is 6. The Morgan fingerprint density at radius 3 is 2.33 bits per heavy atom. The Morgan fingerprint density at radius 1 is 1.17 bits per heavy atom. The third kappa shape index (κ3) is 4.56. The predicted molar refractivity (Wildman–Crippen MR) is 98.3 cm³/mol. The van der Waals surface area contributed by atoms with E-state index in [9.17, 15) is 9.90 Å². The first-order chi connectivity index (χ1) is 11.5. The highest BCUT2D eigenvalue weighted by Gasteiger charge is 2.27. The molecular weight excluding hydrogens is 302 g/mol. The van der Waals surface area contributed by atoms with E-state index in [1.165, 1.54) is 11.1 Å². The molecule has 134 valence electrons. The lowest BCUT2D eigenvalue weighted by atomic mass is 10.1. The molecule has 0 spiro atoms. The number of anilines is 1. The SMILES string of the molecule is CCC(CO)N1CCN(C(C)C(=O)Nc2ccc(C)c(C)c2)CC1. The molecule has 1 aliphatic rings. The molecule has 1 saturated heterocycles. The summed E-state index contributed by atoms with van der Waals surface area (Å²) in [4.78, 5) is 17.1. The van der Waals surface area contributed by atoms with Gasteiger partial charge in [-0.2, -0.15) is 0 Å². The van der Waals surface area contributed by atoms with Crippen molar-refractivity contribution >= 4 is 11.6 Å². The molecule has 2 atom stereocenters. The maximum absolute atomic E-state index is 12.5. The molecule has 1 aromatic carbocycles. The van der Waals surface area contributed by atoms with Crippen molar-refractivity contribution in [1.82, 2.24) is 9.80 Å². The Balaban J connectivity index is 1.88. The van der Waals surface area contributed by atoms with E-state index in [1.807, 2.05) is 25.1 Å². The number of hydrogen-bond donors (Lipinski definition) is 2. The Morgan fingerprint density at radius 2 is 1.79 bits per heavy atom. The highest BCUT2D eigenvalue weighted by atomic mass is 16.3. The van der Waals surface area contributed by atoms with E-state index in [0.717, 1.165) is 38.3 Å². The van der Waals surface area contributed by atoms with Gasteiger partial charge in [-0.3, -0.25) is 14.6 Å². The molecule has 2 N–H and O–H groups in total. The second-order valence-electron chi connectivity index (χ2n) is 6.78. The normalized spacial score (nSPS) is 19.0. The second-order valence-corrected chi connectivity index (χ2v) is 6.78. The first-order valence-electron chi connectivity index (χ1n) is 8.93. The van der Waals surface area contributed by atoms with Crippen molar-refractivity contribution in [3.63, 3.8) is 0 Å². The molecule has 1 fully saturated rings. The van der Waals surface area contributed by atoms with Crippen LogP contribution in [-0.2, 0) is 4.79 Å². The lowest BCUT2D eigenvalue weighted by Crippen LogP contribution is -2.55. The van der Waals surface area contributed by atoms with Crippen LogP contribution in [0.25, 0.3) is 0 Å². The van der Waals surface area contributed by atoms with Crippen molar-refractivity contribution in [1.29, 1.82) is 0 Å². The van der Waals surface area contributed by atoms with Gasteiger partial charge in [0.2, 0.25) is 5.91 Å². The van der Waals surface area contributed by atoms with Crippen LogP contribution < -0.4 is 5.32 Å². The summed E-state index contributed by atoms with van der Waals surface area (Å²) in [7, 11) is 0. The molecule has 2 rings (SSSR count). The van der Waals surface area contributed by atoms with Gasteiger partial charge in [0.25, 0.3) is 0 Å². The van der Waals surface area contributed by atoms with Gasteiger partial charge in [0, 0.05) is 37.9 Å². The second kappa shape index (κ2) is 8.60. The van der Waals surface area contributed by atoms with E-state index in [1.54, 1.807) is 0 Å². The number of aliphatic hydroxyl groups is 1. The molecule has 2 unspecified atom stereocenters. The lowest BCUT2D eigenvalue weighted by Gasteiger charge is -2.40. The number of nitrogens with one attached hydrogen (secondary N) is 1. The largest absolute Gasteiger partial charge is 0.395 e. The minimum Gasteiger partial charge on any atom is -0.395 e. The van der Waals surface area contributed by atoms with Crippen LogP contribution in [0.4, 0.5) is 5.69 Å². The third-order valence-corrected chi connectivity index (χ3v) is 5.25. The van der Waals surface area contributed by atoms with E-state index in [2.05, 4.69) is 35.9 Å². The molecule has 1 aliphatic heterocycles. The van der Waals surface area contributed by atoms with Crippen LogP contribution in [0.2, 0.25) is 0 Å². The number of carbonyl (C=O) groups excluding carboxylic acids is 1. The summed E-state index contributed by atoms with van der Waals surface area (Å²) < 4.78 is 0. The lowest BCUT2D eigenvalue weighted by molar-refractivity contribution is -0.121. The maximum Gasteiger partial charge on any atom is 0.241 e. The average Bonchev–Trinajstić information content (AvgIpc) is 2.59. The number of carbonyl (C=O) groups is 1. The van der Waals surface area contributed by atoms with Crippen molar-refractivity contribution in [2.75, 3.05) is 38.1 Å². The van der Waals surface area contributed by atoms with Gasteiger partial charge in [-0.1, -0.05) is 13.0 Å². The fourth-order valence-corrected chi connectivity index (χ4v) is 3.22. The minimum absolute atomic E-state index is 0.0425. The Hall–Kier alpha value is -1.43. The van der Waals surface area contributed by atoms with Gasteiger partial charge >= 0.3 is 0 Å². The standard InChI is InChI=1S/C19H31N3O2/c1-5-18(13-23)22-10-8-21(9-11-22)16(4)19(24)20-17-7-6-14(2)15(3)12-17/h6-7,12,16,18,23H,5,8-11,13H2,1-4H3,(H,20,24). The molecule has 0 aromatic heterocycles. The van der Waals surface area contributed by atoms with Gasteiger partial charge in [-0.05, 0) is 50.5 Å². The fourth-order valence-electron chi connectivity index (χ4n) is 3.22. The van der Waals surface area contributed by atoms with Crippen molar-refractivity contribution in [3.8, 4) is 0 Å². The van der Waals surface area contributed by atoms with Crippen LogP contribution in [-0.4, -0.2) is 65.7 Å². The van der Waals surface area contributed by atoms with E-state index in [0.29, 0.717) is 0 Å². The Kier molecular flexibility index (Phi) is 6.78. The summed E-state index contributed by atoms with van der Waals surface area (Å²) in [5, 5.41) is 12.5. The zero-order valence-electron chi connectivity index (χ0n) is 15.4. The zero-order chi connectivity index (χ0) is 17.7. The van der Waals surface area contributed by atoms with E-state index >= 15 is 0 Å². The predicted octanol–water partition coefficient (Wildman–Crippen LogP) is 2.02. The monoisotopic (exact) mass is 333 g/mol. The number of amides is 1. The Labute approximate surface area is 145 Å². The van der Waals surface area contributed by atoms with Gasteiger partial charge in [0.05, 0.1) is 12.6 Å². The van der Waals surface area contributed by atoms with E-state index < -0.39 is 0 Å². The fraction of sp³-hybridized carbons (Fsp3) is 0.632. The van der Waals surface area contributed by atoms with Crippen LogP contribution in [0, 0.1) is 13.8 Å². The van der Waals surface area contributed by atoms with Gasteiger partial charge in [0.15, 0.2) is 0 Å². The van der Waals surface area contributed by atoms with Crippen LogP contribution in [0.1, 0.15) is 31.4 Å². The number of piperazine rings is 1. The number of benzene rings is 1. The number of nitrogens with zero attached hydrogens (tertiary/aromatic N) is 2. The van der Waals surface area contributed by atoms with Gasteiger partial charge in [-0.25, -0.2) is 0 Å². The van der Waals surface area contributed by atoms with E-state index in [-0.39, 0.29) is 24.6 Å². The molecule has 0 saturated carbocycles. The molecule has 0 bridgehead atoms. The molecular formula is C19H31N3O2.